The first-order valence-corrected chi connectivity index (χ1v) is 7.36. The van der Waals surface area contributed by atoms with Crippen molar-refractivity contribution in [1.82, 2.24) is 5.32 Å². The molecule has 2 aromatic rings. The Morgan fingerprint density at radius 3 is 2.61 bits per heavy atom. The molecule has 0 radical (unpaired) electrons. The summed E-state index contributed by atoms with van der Waals surface area (Å²) in [6.07, 6.45) is 0.103. The molecule has 0 saturated carbocycles. The molecule has 118 valence electrons. The Labute approximate surface area is 136 Å². The van der Waals surface area contributed by atoms with E-state index in [2.05, 4.69) is 17.2 Å². The fourth-order valence-corrected chi connectivity index (χ4v) is 1.91. The Morgan fingerprint density at radius 2 is 1.83 bits per heavy atom. The second kappa shape index (κ2) is 9.16. The topological polar surface area (TPSA) is 47.6 Å². The van der Waals surface area contributed by atoms with Crippen molar-refractivity contribution in [3.63, 3.8) is 0 Å². The van der Waals surface area contributed by atoms with E-state index in [4.69, 9.17) is 9.47 Å². The van der Waals surface area contributed by atoms with E-state index < -0.39 is 6.09 Å². The number of hydrogen-bond acceptors (Lipinski definition) is 3. The van der Waals surface area contributed by atoms with Crippen molar-refractivity contribution in [2.24, 2.45) is 0 Å². The zero-order valence-electron chi connectivity index (χ0n) is 13.0. The number of amides is 1. The van der Waals surface area contributed by atoms with Crippen molar-refractivity contribution in [3.05, 3.63) is 65.7 Å². The lowest BCUT2D eigenvalue weighted by molar-refractivity contribution is 0.140. The summed E-state index contributed by atoms with van der Waals surface area (Å²) in [5.41, 5.74) is 1.79. The summed E-state index contributed by atoms with van der Waals surface area (Å²) < 4.78 is 10.3. The average Bonchev–Trinajstić information content (AvgIpc) is 2.61. The van der Waals surface area contributed by atoms with Gasteiger partial charge in [-0.3, -0.25) is 0 Å². The van der Waals surface area contributed by atoms with Crippen molar-refractivity contribution < 1.29 is 14.3 Å². The van der Waals surface area contributed by atoms with Gasteiger partial charge in [-0.25, -0.2) is 4.79 Å². The number of benzene rings is 2. The molecule has 4 heteroatoms. The largest absolute Gasteiger partial charge is 0.495 e. The number of carbonyl (C=O) groups is 1. The van der Waals surface area contributed by atoms with Crippen LogP contribution in [0.25, 0.3) is 0 Å². The van der Waals surface area contributed by atoms with E-state index in [0.717, 1.165) is 16.9 Å². The first kappa shape index (κ1) is 16.4. The molecule has 0 atom stereocenters. The molecule has 0 aliphatic rings. The maximum atomic E-state index is 11.5. The molecular formula is C19H19NO3. The molecule has 0 fully saturated rings. The monoisotopic (exact) mass is 309 g/mol. The molecule has 2 rings (SSSR count). The third-order valence-corrected chi connectivity index (χ3v) is 3.06. The summed E-state index contributed by atoms with van der Waals surface area (Å²) >= 11 is 0. The van der Waals surface area contributed by atoms with Gasteiger partial charge >= 0.3 is 6.09 Å². The van der Waals surface area contributed by atoms with Gasteiger partial charge in [0.15, 0.2) is 0 Å². The lowest BCUT2D eigenvalue weighted by Crippen LogP contribution is -2.24. The van der Waals surface area contributed by atoms with Gasteiger partial charge in [0.05, 0.1) is 12.7 Å². The number of carbonyl (C=O) groups excluding carboxylic acids is 1. The van der Waals surface area contributed by atoms with Crippen molar-refractivity contribution in [1.29, 1.82) is 0 Å². The maximum absolute atomic E-state index is 11.5. The number of ether oxygens (including phenoxy) is 2. The van der Waals surface area contributed by atoms with E-state index in [-0.39, 0.29) is 6.61 Å². The highest BCUT2D eigenvalue weighted by atomic mass is 16.5. The van der Waals surface area contributed by atoms with E-state index in [1.165, 1.54) is 0 Å². The fourth-order valence-electron chi connectivity index (χ4n) is 1.91. The van der Waals surface area contributed by atoms with Crippen LogP contribution in [-0.4, -0.2) is 19.7 Å². The Kier molecular flexibility index (Phi) is 6.55. The van der Waals surface area contributed by atoms with Crippen molar-refractivity contribution in [2.75, 3.05) is 13.7 Å². The highest BCUT2D eigenvalue weighted by molar-refractivity contribution is 5.67. The Hall–Kier alpha value is -2.93. The van der Waals surface area contributed by atoms with Crippen LogP contribution in [0, 0.1) is 11.8 Å². The predicted molar refractivity (Wildman–Crippen MR) is 89.1 cm³/mol. The van der Waals surface area contributed by atoms with Crippen LogP contribution in [0.3, 0.4) is 0 Å². The highest BCUT2D eigenvalue weighted by Gasteiger charge is 2.01. The van der Waals surface area contributed by atoms with Gasteiger partial charge in [0.1, 0.15) is 12.4 Å². The molecule has 0 aliphatic heterocycles. The Balaban J connectivity index is 1.69. The molecule has 1 amide bonds. The second-order valence-corrected chi connectivity index (χ2v) is 4.74. The molecule has 0 aromatic heterocycles. The zero-order chi connectivity index (χ0) is 16.3. The van der Waals surface area contributed by atoms with Gasteiger partial charge in [-0.1, -0.05) is 54.3 Å². The van der Waals surface area contributed by atoms with Gasteiger partial charge in [0.25, 0.3) is 0 Å². The van der Waals surface area contributed by atoms with Crippen LogP contribution in [0.4, 0.5) is 4.79 Å². The molecule has 0 aliphatic carbocycles. The van der Waals surface area contributed by atoms with Gasteiger partial charge in [-0.2, -0.15) is 0 Å². The molecule has 0 bridgehead atoms. The number of nitrogens with one attached hydrogen (secondary N) is 1. The minimum atomic E-state index is -0.437. The second-order valence-electron chi connectivity index (χ2n) is 4.74. The number of para-hydroxylation sites is 1. The molecule has 0 unspecified atom stereocenters. The normalized spacial score (nSPS) is 9.43. The summed E-state index contributed by atoms with van der Waals surface area (Å²) in [5, 5.41) is 2.67. The van der Waals surface area contributed by atoms with E-state index in [9.17, 15) is 4.79 Å². The molecule has 0 spiro atoms. The predicted octanol–water partition coefficient (Wildman–Crippen LogP) is 3.36. The summed E-state index contributed by atoms with van der Waals surface area (Å²) in [4.78, 5) is 11.5. The average molecular weight is 309 g/mol. The van der Waals surface area contributed by atoms with Crippen LogP contribution >= 0.6 is 0 Å². The summed E-state index contributed by atoms with van der Waals surface area (Å²) in [7, 11) is 1.62. The van der Waals surface area contributed by atoms with E-state index >= 15 is 0 Å². The van der Waals surface area contributed by atoms with Crippen LogP contribution in [-0.2, 0) is 11.3 Å². The summed E-state index contributed by atoms with van der Waals surface area (Å²) in [5.74, 6) is 6.78. The highest BCUT2D eigenvalue weighted by Crippen LogP contribution is 2.15. The lowest BCUT2D eigenvalue weighted by atomic mass is 10.2. The van der Waals surface area contributed by atoms with Crippen LogP contribution in [0.2, 0.25) is 0 Å². The summed E-state index contributed by atoms with van der Waals surface area (Å²) in [6, 6.07) is 17.1. The van der Waals surface area contributed by atoms with Gasteiger partial charge in [0.2, 0.25) is 0 Å². The van der Waals surface area contributed by atoms with E-state index in [1.807, 2.05) is 54.6 Å². The van der Waals surface area contributed by atoms with Gasteiger partial charge < -0.3 is 14.8 Å². The molecule has 23 heavy (non-hydrogen) atoms. The number of alkyl carbamates (subject to hydrolysis) is 1. The minimum absolute atomic E-state index is 0.263. The van der Waals surface area contributed by atoms with Crippen LogP contribution in [0.1, 0.15) is 17.5 Å². The first-order chi connectivity index (χ1) is 11.3. The SMILES string of the molecule is COc1ccccc1C#CCCNC(=O)OCc1ccccc1. The van der Waals surface area contributed by atoms with Crippen LogP contribution < -0.4 is 10.1 Å². The fraction of sp³-hybridized carbons (Fsp3) is 0.211. The van der Waals surface area contributed by atoms with Gasteiger partial charge in [-0.15, -0.1) is 0 Å². The first-order valence-electron chi connectivity index (χ1n) is 7.36. The molecule has 1 N–H and O–H groups in total. The molecule has 4 nitrogen and oxygen atoms in total. The molecule has 0 saturated heterocycles. The van der Waals surface area contributed by atoms with Gasteiger partial charge in [0, 0.05) is 13.0 Å². The zero-order valence-corrected chi connectivity index (χ0v) is 13.0. The number of hydrogen-bond donors (Lipinski definition) is 1. The summed E-state index contributed by atoms with van der Waals surface area (Å²) in [6.45, 7) is 0.704. The maximum Gasteiger partial charge on any atom is 0.407 e. The Morgan fingerprint density at radius 1 is 1.09 bits per heavy atom. The quantitative estimate of drug-likeness (QED) is 0.680. The third-order valence-electron chi connectivity index (χ3n) is 3.06. The third kappa shape index (κ3) is 5.76. The van der Waals surface area contributed by atoms with Crippen LogP contribution in [0.5, 0.6) is 5.75 Å². The lowest BCUT2D eigenvalue weighted by Gasteiger charge is -2.05. The van der Waals surface area contributed by atoms with Crippen molar-refractivity contribution in [3.8, 4) is 17.6 Å². The Bertz CT molecular complexity index is 687. The standard InChI is InChI=1S/C19H19NO3/c1-22-18-13-6-5-11-17(18)12-7-8-14-20-19(21)23-15-16-9-3-2-4-10-16/h2-6,9-11,13H,8,14-15H2,1H3,(H,20,21). The van der Waals surface area contributed by atoms with Crippen LogP contribution in [0.15, 0.2) is 54.6 Å². The smallest absolute Gasteiger partial charge is 0.407 e. The number of rotatable bonds is 5. The molecule has 0 heterocycles. The van der Waals surface area contributed by atoms with E-state index in [1.54, 1.807) is 7.11 Å². The van der Waals surface area contributed by atoms with Crippen molar-refractivity contribution >= 4 is 6.09 Å². The molecular weight excluding hydrogens is 290 g/mol. The molecule has 2 aromatic carbocycles. The minimum Gasteiger partial charge on any atom is -0.495 e. The number of methoxy groups -OCH3 is 1. The van der Waals surface area contributed by atoms with E-state index in [0.29, 0.717) is 13.0 Å². The van der Waals surface area contributed by atoms with Gasteiger partial charge in [-0.05, 0) is 17.7 Å². The van der Waals surface area contributed by atoms with Crippen molar-refractivity contribution in [2.45, 2.75) is 13.0 Å².